The van der Waals surface area contributed by atoms with Crippen molar-refractivity contribution in [3.8, 4) is 17.2 Å². The van der Waals surface area contributed by atoms with Crippen molar-refractivity contribution in [2.45, 2.75) is 52.9 Å². The van der Waals surface area contributed by atoms with Gasteiger partial charge in [-0.25, -0.2) is 8.78 Å². The number of pyridine rings is 1. The zero-order chi connectivity index (χ0) is 33.4. The molecule has 9 heteroatoms. The molecule has 2 heterocycles. The highest BCUT2D eigenvalue weighted by Crippen LogP contribution is 2.48. The lowest BCUT2D eigenvalue weighted by atomic mass is 9.92. The van der Waals surface area contributed by atoms with Crippen molar-refractivity contribution in [1.82, 2.24) is 9.88 Å². The molecule has 3 aromatic carbocycles. The van der Waals surface area contributed by atoms with Crippen LogP contribution in [0.4, 0.5) is 8.78 Å². The summed E-state index contributed by atoms with van der Waals surface area (Å²) in [5.41, 5.74) is 2.75. The highest BCUT2D eigenvalue weighted by atomic mass is 19.1. The molecular formula is C38H42F2N2O5. The van der Waals surface area contributed by atoms with Gasteiger partial charge in [-0.3, -0.25) is 19.5 Å². The van der Waals surface area contributed by atoms with E-state index in [1.54, 1.807) is 30.5 Å². The molecule has 6 rings (SSSR count). The molecule has 0 unspecified atom stereocenters. The van der Waals surface area contributed by atoms with Crippen LogP contribution in [0.25, 0.3) is 10.9 Å². The van der Waals surface area contributed by atoms with Gasteiger partial charge in [0.25, 0.3) is 0 Å². The molecule has 0 bridgehead atoms. The number of ether oxygens (including phenoxy) is 3. The first-order valence-electron chi connectivity index (χ1n) is 16.3. The fraction of sp³-hybridized carbons (Fsp3) is 0.395. The number of morpholine rings is 1. The molecule has 0 atom stereocenters. The Balaban J connectivity index is 0.000000227. The highest BCUT2D eigenvalue weighted by molar-refractivity contribution is 6.09. The number of nitrogens with zero attached hydrogens (tertiary/aromatic N) is 2. The second-order valence-electron chi connectivity index (χ2n) is 12.2. The average molecular weight is 645 g/mol. The predicted molar refractivity (Wildman–Crippen MR) is 177 cm³/mol. The third kappa shape index (κ3) is 8.78. The molecule has 0 radical (unpaired) electrons. The molecule has 1 aliphatic heterocycles. The second kappa shape index (κ2) is 15.6. The largest absolute Gasteiger partial charge is 0.493 e. The van der Waals surface area contributed by atoms with Crippen molar-refractivity contribution in [2.75, 3.05) is 39.5 Å². The van der Waals surface area contributed by atoms with Crippen molar-refractivity contribution in [2.24, 2.45) is 5.41 Å². The average Bonchev–Trinajstić information content (AvgIpc) is 3.89. The van der Waals surface area contributed by atoms with Crippen molar-refractivity contribution in [1.29, 1.82) is 0 Å². The van der Waals surface area contributed by atoms with Crippen LogP contribution >= 0.6 is 0 Å². The molecule has 1 saturated carbocycles. The molecule has 0 amide bonds. The van der Waals surface area contributed by atoms with Crippen LogP contribution in [0.2, 0.25) is 0 Å². The number of fused-ring (bicyclic) bond motifs is 1. The van der Waals surface area contributed by atoms with Gasteiger partial charge < -0.3 is 14.2 Å². The smallest absolute Gasteiger partial charge is 0.165 e. The zero-order valence-corrected chi connectivity index (χ0v) is 27.3. The van der Waals surface area contributed by atoms with Gasteiger partial charge in [0.1, 0.15) is 23.1 Å². The van der Waals surface area contributed by atoms with E-state index in [0.29, 0.717) is 25.2 Å². The maximum atomic E-state index is 14.4. The van der Waals surface area contributed by atoms with Crippen LogP contribution in [0.5, 0.6) is 17.2 Å². The number of rotatable bonds is 12. The fourth-order valence-electron chi connectivity index (χ4n) is 5.67. The van der Waals surface area contributed by atoms with Crippen LogP contribution in [-0.2, 0) is 27.2 Å². The van der Waals surface area contributed by atoms with E-state index >= 15 is 0 Å². The van der Waals surface area contributed by atoms with Gasteiger partial charge in [0.2, 0.25) is 0 Å². The molecule has 0 N–H and O–H groups in total. The summed E-state index contributed by atoms with van der Waals surface area (Å²) in [6.45, 7) is 10.7. The Labute approximate surface area is 274 Å². The maximum absolute atomic E-state index is 14.4. The second-order valence-corrected chi connectivity index (χ2v) is 12.2. The van der Waals surface area contributed by atoms with E-state index in [4.69, 9.17) is 14.2 Å². The SMILES string of the molecule is CC(=O)C1(C(=O)Cc2ccc(F)cc2)CC1.CCc1ccc(Oc2ccnc3cc(OCCCN4CCOCC4)c(C)cc23)c(F)c1. The van der Waals surface area contributed by atoms with Gasteiger partial charge in [-0.15, -0.1) is 0 Å². The summed E-state index contributed by atoms with van der Waals surface area (Å²) in [7, 11) is 0. The van der Waals surface area contributed by atoms with Gasteiger partial charge in [0.05, 0.1) is 30.8 Å². The number of aryl methyl sites for hydroxylation is 2. The molecule has 248 valence electrons. The Bertz CT molecular complexity index is 1700. The fourth-order valence-corrected chi connectivity index (χ4v) is 5.67. The van der Waals surface area contributed by atoms with E-state index in [2.05, 4.69) is 9.88 Å². The van der Waals surface area contributed by atoms with Crippen LogP contribution in [0.15, 0.2) is 66.9 Å². The van der Waals surface area contributed by atoms with Gasteiger partial charge >= 0.3 is 0 Å². The molecule has 1 aliphatic carbocycles. The van der Waals surface area contributed by atoms with Crippen LogP contribution in [0.3, 0.4) is 0 Å². The van der Waals surface area contributed by atoms with Crippen LogP contribution in [-0.4, -0.2) is 60.9 Å². The molecular weight excluding hydrogens is 602 g/mol. The Morgan fingerprint density at radius 1 is 0.936 bits per heavy atom. The maximum Gasteiger partial charge on any atom is 0.165 e. The van der Waals surface area contributed by atoms with Crippen molar-refractivity contribution in [3.05, 3.63) is 95.2 Å². The van der Waals surface area contributed by atoms with Gasteiger partial charge in [0, 0.05) is 43.7 Å². The minimum Gasteiger partial charge on any atom is -0.493 e. The van der Waals surface area contributed by atoms with Crippen molar-refractivity contribution >= 4 is 22.5 Å². The third-order valence-corrected chi connectivity index (χ3v) is 8.84. The Hall–Kier alpha value is -4.21. The summed E-state index contributed by atoms with van der Waals surface area (Å²) in [5.74, 6) is 0.856. The number of Topliss-reactive ketones (excluding diaryl/α,β-unsaturated/α-hetero) is 2. The van der Waals surface area contributed by atoms with Gasteiger partial charge in [0.15, 0.2) is 17.3 Å². The van der Waals surface area contributed by atoms with Crippen LogP contribution in [0.1, 0.15) is 49.8 Å². The van der Waals surface area contributed by atoms with Gasteiger partial charge in [-0.05, 0) is 92.6 Å². The number of carbonyl (C=O) groups excluding carboxylic acids is 2. The van der Waals surface area contributed by atoms with E-state index in [-0.39, 0.29) is 35.4 Å². The quantitative estimate of drug-likeness (QED) is 0.117. The first kappa shape index (κ1) is 34.1. The van der Waals surface area contributed by atoms with Gasteiger partial charge in [-0.2, -0.15) is 0 Å². The van der Waals surface area contributed by atoms with Crippen molar-refractivity contribution < 1.29 is 32.6 Å². The van der Waals surface area contributed by atoms with E-state index in [0.717, 1.165) is 79.0 Å². The Kier molecular flexibility index (Phi) is 11.3. The number of aromatic nitrogens is 1. The summed E-state index contributed by atoms with van der Waals surface area (Å²) >= 11 is 0. The molecule has 2 aliphatic rings. The molecule has 4 aromatic rings. The Morgan fingerprint density at radius 3 is 2.32 bits per heavy atom. The molecule has 0 spiro atoms. The standard InChI is InChI=1S/C25H29FN2O3.C13H13FO2/c1-3-19-5-6-24(21(26)16-19)31-23-7-8-27-22-17-25(18(2)15-20(22)23)30-12-4-9-28-10-13-29-14-11-28;1-9(15)13(6-7-13)12(16)8-10-2-4-11(14)5-3-10/h5-8,15-17H,3-4,9-14H2,1-2H3;2-5H,6-8H2,1H3. The highest BCUT2D eigenvalue weighted by Gasteiger charge is 2.53. The van der Waals surface area contributed by atoms with E-state index in [1.165, 1.54) is 25.1 Å². The summed E-state index contributed by atoms with van der Waals surface area (Å²) in [6, 6.07) is 16.6. The molecule has 47 heavy (non-hydrogen) atoms. The molecule has 2 fully saturated rings. The van der Waals surface area contributed by atoms with E-state index < -0.39 is 5.41 Å². The lowest BCUT2D eigenvalue weighted by Crippen LogP contribution is -2.37. The summed E-state index contributed by atoms with van der Waals surface area (Å²) < 4.78 is 44.4. The lowest BCUT2D eigenvalue weighted by Gasteiger charge is -2.26. The third-order valence-electron chi connectivity index (χ3n) is 8.84. The lowest BCUT2D eigenvalue weighted by molar-refractivity contribution is -0.133. The molecule has 1 saturated heterocycles. The predicted octanol–water partition coefficient (Wildman–Crippen LogP) is 7.44. The van der Waals surface area contributed by atoms with E-state index in [1.807, 2.05) is 32.0 Å². The monoisotopic (exact) mass is 644 g/mol. The molecule has 1 aromatic heterocycles. The number of halogens is 2. The summed E-state index contributed by atoms with van der Waals surface area (Å²) in [6.07, 6.45) is 4.98. The molecule has 7 nitrogen and oxygen atoms in total. The minimum absolute atomic E-state index is 0.0355. The first-order chi connectivity index (χ1) is 22.7. The number of hydrogen-bond donors (Lipinski definition) is 0. The Morgan fingerprint density at radius 2 is 1.66 bits per heavy atom. The first-order valence-corrected chi connectivity index (χ1v) is 16.3. The normalized spacial score (nSPS) is 15.4. The zero-order valence-electron chi connectivity index (χ0n) is 27.3. The van der Waals surface area contributed by atoms with Crippen molar-refractivity contribution in [3.63, 3.8) is 0 Å². The van der Waals surface area contributed by atoms with Crippen LogP contribution in [0, 0.1) is 24.0 Å². The number of hydrogen-bond acceptors (Lipinski definition) is 7. The summed E-state index contributed by atoms with van der Waals surface area (Å²) in [5, 5.41) is 0.833. The number of ketones is 2. The number of carbonyl (C=O) groups is 2. The minimum atomic E-state index is -0.714. The van der Waals surface area contributed by atoms with E-state index in [9.17, 15) is 18.4 Å². The topological polar surface area (TPSA) is 78.0 Å². The number of benzene rings is 3. The van der Waals surface area contributed by atoms with Crippen LogP contribution < -0.4 is 9.47 Å². The summed E-state index contributed by atoms with van der Waals surface area (Å²) in [4.78, 5) is 30.1. The van der Waals surface area contributed by atoms with Gasteiger partial charge in [-0.1, -0.05) is 25.1 Å².